The lowest BCUT2D eigenvalue weighted by Gasteiger charge is -2.10. The fourth-order valence-corrected chi connectivity index (χ4v) is 4.46. The Morgan fingerprint density at radius 3 is 2.61 bits per heavy atom. The summed E-state index contributed by atoms with van der Waals surface area (Å²) in [5.74, 6) is -0.365. The number of nitrogens with one attached hydrogen (secondary N) is 1. The summed E-state index contributed by atoms with van der Waals surface area (Å²) < 4.78 is 15.7. The van der Waals surface area contributed by atoms with E-state index in [-0.39, 0.29) is 12.6 Å². The fraction of sp³-hybridized carbons (Fsp3) is 0.350. The summed E-state index contributed by atoms with van der Waals surface area (Å²) in [4.78, 5) is 38.1. The zero-order chi connectivity index (χ0) is 19.7. The molecule has 1 aliphatic carbocycles. The maximum atomic E-state index is 12.3. The number of amides is 1. The first-order valence-corrected chi connectivity index (χ1v) is 9.86. The van der Waals surface area contributed by atoms with Crippen LogP contribution in [-0.4, -0.2) is 31.1 Å². The molecule has 8 heteroatoms. The molecule has 2 heterocycles. The van der Waals surface area contributed by atoms with Crippen LogP contribution in [0.25, 0.3) is 0 Å². The van der Waals surface area contributed by atoms with Crippen LogP contribution in [0.2, 0.25) is 0 Å². The van der Waals surface area contributed by atoms with Crippen LogP contribution < -0.4 is 14.8 Å². The van der Waals surface area contributed by atoms with E-state index in [1.165, 1.54) is 40.8 Å². The molecule has 2 aliphatic rings. The number of fused-ring (bicyclic) bond motifs is 2. The number of carbonyl (C=O) groups is 3. The second kappa shape index (κ2) is 7.63. The van der Waals surface area contributed by atoms with Gasteiger partial charge in [-0.15, -0.1) is 11.3 Å². The third-order valence-electron chi connectivity index (χ3n) is 4.70. The molecule has 0 bridgehead atoms. The van der Waals surface area contributed by atoms with E-state index in [4.69, 9.17) is 14.2 Å². The number of hydrogen-bond acceptors (Lipinski definition) is 7. The van der Waals surface area contributed by atoms with E-state index in [9.17, 15) is 14.4 Å². The average Bonchev–Trinajstić information content (AvgIpc) is 3.31. The highest BCUT2D eigenvalue weighted by Crippen LogP contribution is 2.37. The van der Waals surface area contributed by atoms with Crippen molar-refractivity contribution in [1.29, 1.82) is 0 Å². The molecule has 0 fully saturated rings. The minimum atomic E-state index is -0.531. The first kappa shape index (κ1) is 18.5. The molecule has 1 aromatic heterocycles. The van der Waals surface area contributed by atoms with Gasteiger partial charge >= 0.3 is 5.97 Å². The average molecular weight is 401 g/mol. The van der Waals surface area contributed by atoms with Crippen molar-refractivity contribution >= 4 is 34.7 Å². The zero-order valence-corrected chi connectivity index (χ0v) is 16.1. The number of benzene rings is 1. The molecule has 0 unspecified atom stereocenters. The summed E-state index contributed by atoms with van der Waals surface area (Å²) in [5.41, 5.74) is 1.80. The zero-order valence-electron chi connectivity index (χ0n) is 15.3. The van der Waals surface area contributed by atoms with E-state index < -0.39 is 18.5 Å². The smallest absolute Gasteiger partial charge is 0.348 e. The van der Waals surface area contributed by atoms with Crippen LogP contribution in [0, 0.1) is 0 Å². The van der Waals surface area contributed by atoms with E-state index >= 15 is 0 Å². The number of ether oxygens (including phenoxy) is 3. The minimum Gasteiger partial charge on any atom is -0.454 e. The van der Waals surface area contributed by atoms with Gasteiger partial charge in [0, 0.05) is 16.5 Å². The number of aryl methyl sites for hydroxylation is 2. The maximum Gasteiger partial charge on any atom is 0.348 e. The highest BCUT2D eigenvalue weighted by Gasteiger charge is 2.22. The molecule has 0 spiro atoms. The molecule has 0 saturated carbocycles. The second-order valence-corrected chi connectivity index (χ2v) is 7.83. The lowest BCUT2D eigenvalue weighted by Crippen LogP contribution is -2.21. The van der Waals surface area contributed by atoms with E-state index in [1.807, 2.05) is 6.07 Å². The van der Waals surface area contributed by atoms with Crippen LogP contribution in [0.1, 0.15) is 50.2 Å². The van der Waals surface area contributed by atoms with Crippen LogP contribution in [-0.2, 0) is 22.4 Å². The molecular formula is C20H19NO6S. The first-order chi connectivity index (χ1) is 13.5. The van der Waals surface area contributed by atoms with E-state index in [0.29, 0.717) is 27.6 Å². The molecule has 1 aromatic carbocycles. The number of anilines is 1. The van der Waals surface area contributed by atoms with Gasteiger partial charge in [-0.25, -0.2) is 4.79 Å². The summed E-state index contributed by atoms with van der Waals surface area (Å²) in [5, 5.41) is 2.61. The van der Waals surface area contributed by atoms with E-state index in [1.54, 1.807) is 0 Å². The Labute approximate surface area is 165 Å². The summed E-state index contributed by atoms with van der Waals surface area (Å²) in [6, 6.07) is 4.93. The molecule has 146 valence electrons. The molecule has 1 aliphatic heterocycles. The van der Waals surface area contributed by atoms with E-state index in [2.05, 4.69) is 5.32 Å². The van der Waals surface area contributed by atoms with E-state index in [0.717, 1.165) is 25.7 Å². The van der Waals surface area contributed by atoms with Crippen LogP contribution >= 0.6 is 11.3 Å². The molecule has 2 aromatic rings. The lowest BCUT2D eigenvalue weighted by atomic mass is 9.99. The summed E-state index contributed by atoms with van der Waals surface area (Å²) in [6.45, 7) is 1.02. The normalized spacial score (nSPS) is 14.3. The maximum absolute atomic E-state index is 12.3. The Bertz CT molecular complexity index is 940. The standard InChI is InChI=1S/C20H19NO6S/c1-11(22)13-7-15-16(27-10-26-15)8-14(13)21-19(23)9-25-20(24)18-6-12-4-2-3-5-17(12)28-18/h6-8H,2-5,9-10H2,1H3,(H,21,23). The molecule has 7 nitrogen and oxygen atoms in total. The van der Waals surface area contributed by atoms with Crippen LogP contribution in [0.3, 0.4) is 0 Å². The van der Waals surface area contributed by atoms with Crippen LogP contribution in [0.5, 0.6) is 11.5 Å². The highest BCUT2D eigenvalue weighted by atomic mass is 32.1. The Morgan fingerprint density at radius 1 is 1.11 bits per heavy atom. The molecule has 0 radical (unpaired) electrons. The third-order valence-corrected chi connectivity index (χ3v) is 5.92. The number of ketones is 1. The Balaban J connectivity index is 1.40. The molecule has 0 atom stereocenters. The number of rotatable bonds is 5. The van der Waals surface area contributed by atoms with Crippen molar-refractivity contribution in [2.24, 2.45) is 0 Å². The van der Waals surface area contributed by atoms with Crippen LogP contribution in [0.15, 0.2) is 18.2 Å². The predicted octanol–water partition coefficient (Wildman–Crippen LogP) is 3.35. The summed E-state index contributed by atoms with van der Waals surface area (Å²) in [7, 11) is 0. The molecule has 0 saturated heterocycles. The van der Waals surface area contributed by atoms with Crippen molar-refractivity contribution in [2.45, 2.75) is 32.6 Å². The second-order valence-electron chi connectivity index (χ2n) is 6.70. The predicted molar refractivity (Wildman–Crippen MR) is 102 cm³/mol. The number of thiophene rings is 1. The van der Waals surface area contributed by atoms with Gasteiger partial charge in [-0.05, 0) is 50.3 Å². The number of Topliss-reactive ketones (excluding diaryl/α,β-unsaturated/α-hetero) is 1. The van der Waals surface area contributed by atoms with Gasteiger partial charge in [0.1, 0.15) is 4.88 Å². The fourth-order valence-electron chi connectivity index (χ4n) is 3.32. The van der Waals surface area contributed by atoms with Gasteiger partial charge in [0.05, 0.1) is 5.69 Å². The van der Waals surface area contributed by atoms with Crippen molar-refractivity contribution in [3.8, 4) is 11.5 Å². The molecule has 1 amide bonds. The van der Waals surface area contributed by atoms with Crippen molar-refractivity contribution in [3.05, 3.63) is 39.1 Å². The SMILES string of the molecule is CC(=O)c1cc2c(cc1NC(=O)COC(=O)c1cc3c(s1)CCCC3)OCO2. The lowest BCUT2D eigenvalue weighted by molar-refractivity contribution is -0.119. The minimum absolute atomic E-state index is 0.0620. The molecule has 1 N–H and O–H groups in total. The number of carbonyl (C=O) groups excluding carboxylic acids is 3. The topological polar surface area (TPSA) is 90.9 Å². The summed E-state index contributed by atoms with van der Waals surface area (Å²) in [6.07, 6.45) is 4.25. The number of esters is 1. The van der Waals surface area contributed by atoms with Gasteiger partial charge in [0.25, 0.3) is 5.91 Å². The largest absolute Gasteiger partial charge is 0.454 e. The van der Waals surface area contributed by atoms with Gasteiger partial charge in [-0.1, -0.05) is 0 Å². The Hall–Kier alpha value is -2.87. The van der Waals surface area contributed by atoms with Gasteiger partial charge < -0.3 is 19.5 Å². The Morgan fingerprint density at radius 2 is 1.86 bits per heavy atom. The summed E-state index contributed by atoms with van der Waals surface area (Å²) >= 11 is 1.44. The molecule has 4 rings (SSSR count). The first-order valence-electron chi connectivity index (χ1n) is 9.04. The van der Waals surface area contributed by atoms with Crippen molar-refractivity contribution in [1.82, 2.24) is 0 Å². The third kappa shape index (κ3) is 3.73. The number of hydrogen-bond donors (Lipinski definition) is 1. The van der Waals surface area contributed by atoms with Gasteiger partial charge in [-0.3, -0.25) is 9.59 Å². The van der Waals surface area contributed by atoms with Crippen molar-refractivity contribution < 1.29 is 28.6 Å². The Kier molecular flexibility index (Phi) is 5.04. The highest BCUT2D eigenvalue weighted by molar-refractivity contribution is 7.14. The van der Waals surface area contributed by atoms with Crippen LogP contribution in [0.4, 0.5) is 5.69 Å². The van der Waals surface area contributed by atoms with Crippen molar-refractivity contribution in [3.63, 3.8) is 0 Å². The molecule has 28 heavy (non-hydrogen) atoms. The van der Waals surface area contributed by atoms with Crippen molar-refractivity contribution in [2.75, 3.05) is 18.7 Å². The molecular weight excluding hydrogens is 382 g/mol. The van der Waals surface area contributed by atoms with Gasteiger partial charge in [0.15, 0.2) is 23.9 Å². The van der Waals surface area contributed by atoms with Gasteiger partial charge in [-0.2, -0.15) is 0 Å². The quantitative estimate of drug-likeness (QED) is 0.610. The van der Waals surface area contributed by atoms with Gasteiger partial charge in [0.2, 0.25) is 6.79 Å². The monoisotopic (exact) mass is 401 g/mol.